The zero-order chi connectivity index (χ0) is 40.4. The van der Waals surface area contributed by atoms with Crippen molar-refractivity contribution in [2.75, 3.05) is 39.3 Å². The highest BCUT2D eigenvalue weighted by Gasteiger charge is 2.30. The summed E-state index contributed by atoms with van der Waals surface area (Å²) in [6.45, 7) is 2.07. The highest BCUT2D eigenvalue weighted by molar-refractivity contribution is 7.47. The van der Waals surface area contributed by atoms with Crippen LogP contribution in [0, 0.1) is 11.5 Å². The molecule has 4 atom stereocenters. The van der Waals surface area contributed by atoms with Gasteiger partial charge in [-0.15, -0.1) is 0 Å². The zero-order valence-electron chi connectivity index (χ0n) is 33.2. The molecule has 0 aliphatic carbocycles. The molecule has 0 radical (unpaired) electrons. The summed E-state index contributed by atoms with van der Waals surface area (Å²) in [7, 11) is -3.16. The fourth-order valence-electron chi connectivity index (χ4n) is 6.31. The SMILES string of the molecule is CCCCCCCCCCCCCCCCCCOC[C@H](COP(=O)(O)OC[C@@H](OC#N)[C@@H](O)Cc1ccc2c(N)ncnn12)OCc1ccc(OC)c(Cl)c1. The maximum atomic E-state index is 12.9. The van der Waals surface area contributed by atoms with Crippen molar-refractivity contribution in [2.45, 2.75) is 141 Å². The van der Waals surface area contributed by atoms with Crippen molar-refractivity contribution in [1.29, 1.82) is 5.26 Å². The van der Waals surface area contributed by atoms with E-state index in [2.05, 4.69) is 17.0 Å². The zero-order valence-corrected chi connectivity index (χ0v) is 34.8. The summed E-state index contributed by atoms with van der Waals surface area (Å²) < 4.78 is 47.0. The highest BCUT2D eigenvalue weighted by Crippen LogP contribution is 2.43. The Morgan fingerprint density at radius 1 is 0.911 bits per heavy atom. The predicted molar refractivity (Wildman–Crippen MR) is 216 cm³/mol. The van der Waals surface area contributed by atoms with Crippen LogP contribution in [0.4, 0.5) is 5.82 Å². The molecule has 3 aromatic rings. The molecule has 0 saturated heterocycles. The van der Waals surface area contributed by atoms with Gasteiger partial charge in [0.25, 0.3) is 6.26 Å². The molecule has 314 valence electrons. The van der Waals surface area contributed by atoms with Crippen molar-refractivity contribution in [1.82, 2.24) is 14.6 Å². The van der Waals surface area contributed by atoms with Gasteiger partial charge in [-0.3, -0.25) is 9.05 Å². The van der Waals surface area contributed by atoms with Gasteiger partial charge in [0.15, 0.2) is 11.9 Å². The third kappa shape index (κ3) is 18.5. The molecule has 0 amide bonds. The number of nitrogen functional groups attached to an aromatic ring is 1. The van der Waals surface area contributed by atoms with Gasteiger partial charge in [0.2, 0.25) is 0 Å². The van der Waals surface area contributed by atoms with Crippen molar-refractivity contribution in [3.05, 3.63) is 52.9 Å². The number of aliphatic hydroxyl groups excluding tert-OH is 1. The highest BCUT2D eigenvalue weighted by atomic mass is 35.5. The fourth-order valence-corrected chi connectivity index (χ4v) is 7.35. The summed E-state index contributed by atoms with van der Waals surface area (Å²) in [6, 6.07) is 8.63. The number of nitrogens with zero attached hydrogens (tertiary/aromatic N) is 4. The van der Waals surface area contributed by atoms with Crippen molar-refractivity contribution < 1.29 is 42.6 Å². The summed E-state index contributed by atoms with van der Waals surface area (Å²) in [6.07, 6.45) is 20.0. The number of fused-ring (bicyclic) bond motifs is 1. The van der Waals surface area contributed by atoms with E-state index in [9.17, 15) is 19.8 Å². The number of nitriles is 1. The lowest BCUT2D eigenvalue weighted by atomic mass is 10.0. The molecule has 3 rings (SSSR count). The minimum absolute atomic E-state index is 0.0288. The van der Waals surface area contributed by atoms with Gasteiger partial charge in [0.1, 0.15) is 23.7 Å². The number of rotatable bonds is 33. The van der Waals surface area contributed by atoms with E-state index in [0.717, 1.165) is 24.8 Å². The number of ether oxygens (including phenoxy) is 4. The van der Waals surface area contributed by atoms with Crippen LogP contribution < -0.4 is 10.5 Å². The number of methoxy groups -OCH3 is 1. The molecule has 0 spiro atoms. The molecule has 0 aliphatic rings. The van der Waals surface area contributed by atoms with Gasteiger partial charge in [-0.05, 0) is 36.2 Å². The number of phosphoric acid groups is 1. The first kappa shape index (κ1) is 47.4. The predicted octanol–water partition coefficient (Wildman–Crippen LogP) is 8.74. The van der Waals surface area contributed by atoms with Crippen LogP contribution in [0.3, 0.4) is 0 Å². The fraction of sp³-hybridized carbons (Fsp3) is 0.675. The number of benzene rings is 1. The van der Waals surface area contributed by atoms with Crippen molar-refractivity contribution >= 4 is 30.8 Å². The number of unbranched alkanes of at least 4 members (excludes halogenated alkanes) is 15. The number of hydrogen-bond donors (Lipinski definition) is 3. The number of nitrogens with two attached hydrogens (primary N) is 1. The molecule has 16 heteroatoms. The molecule has 14 nitrogen and oxygen atoms in total. The summed E-state index contributed by atoms with van der Waals surface area (Å²) >= 11 is 6.28. The average molecular weight is 824 g/mol. The van der Waals surface area contributed by atoms with Gasteiger partial charge >= 0.3 is 7.82 Å². The quantitative estimate of drug-likeness (QED) is 0.0300. The Kier molecular flexibility index (Phi) is 23.4. The summed E-state index contributed by atoms with van der Waals surface area (Å²) in [4.78, 5) is 14.5. The van der Waals surface area contributed by atoms with Crippen LogP contribution in [0.25, 0.3) is 5.52 Å². The Balaban J connectivity index is 1.39. The molecule has 0 fully saturated rings. The van der Waals surface area contributed by atoms with Crippen molar-refractivity contribution in [3.8, 4) is 12.0 Å². The second-order valence-electron chi connectivity index (χ2n) is 14.1. The summed E-state index contributed by atoms with van der Waals surface area (Å²) in [5.41, 5.74) is 7.74. The normalized spacial score (nSPS) is 14.3. The van der Waals surface area contributed by atoms with Crippen LogP contribution in [0.5, 0.6) is 5.75 Å². The van der Waals surface area contributed by atoms with Gasteiger partial charge in [0.05, 0.1) is 44.7 Å². The first-order valence-electron chi connectivity index (χ1n) is 20.1. The number of aliphatic hydroxyl groups is 1. The van der Waals surface area contributed by atoms with Crippen molar-refractivity contribution in [3.63, 3.8) is 0 Å². The number of halogens is 1. The van der Waals surface area contributed by atoms with Gasteiger partial charge in [0, 0.05) is 18.7 Å². The van der Waals surface area contributed by atoms with E-state index in [1.54, 1.807) is 30.3 Å². The summed E-state index contributed by atoms with van der Waals surface area (Å²) in [5, 5.41) is 24.6. The van der Waals surface area contributed by atoms with E-state index in [1.165, 1.54) is 108 Å². The van der Waals surface area contributed by atoms with Crippen LogP contribution >= 0.6 is 19.4 Å². The smallest absolute Gasteiger partial charge is 0.472 e. The third-order valence-electron chi connectivity index (χ3n) is 9.59. The number of hydrogen-bond acceptors (Lipinski definition) is 12. The molecule has 2 aromatic heterocycles. The lowest BCUT2D eigenvalue weighted by Gasteiger charge is -2.23. The second kappa shape index (κ2) is 27.6. The maximum Gasteiger partial charge on any atom is 0.472 e. The monoisotopic (exact) mass is 823 g/mol. The molecule has 1 unspecified atom stereocenters. The number of phosphoric ester groups is 1. The van der Waals surface area contributed by atoms with E-state index in [0.29, 0.717) is 28.6 Å². The van der Waals surface area contributed by atoms with Crippen LogP contribution in [-0.4, -0.2) is 76.4 Å². The van der Waals surface area contributed by atoms with Gasteiger partial charge in [-0.2, -0.15) is 10.4 Å². The lowest BCUT2D eigenvalue weighted by Crippen LogP contribution is -2.34. The molecule has 2 heterocycles. The van der Waals surface area contributed by atoms with Crippen molar-refractivity contribution in [2.24, 2.45) is 0 Å². The lowest BCUT2D eigenvalue weighted by molar-refractivity contribution is -0.0545. The van der Waals surface area contributed by atoms with E-state index in [4.69, 9.17) is 45.3 Å². The third-order valence-corrected chi connectivity index (χ3v) is 10.8. The Bertz CT molecular complexity index is 1610. The van der Waals surface area contributed by atoms with Gasteiger partial charge in [-0.1, -0.05) is 121 Å². The standard InChI is InChI=1S/C40H63ClN5O9P/c1-3-4-5-6-7-8-9-10-11-12-13-14-15-16-17-18-23-51-27-34(52-26-32-19-22-38(50-2)35(41)24-32)28-54-56(48,49)55-29-39(53-30-42)37(47)25-33-20-21-36-40(43)44-31-45-46(33)36/h19-22,24,31,34,37,39,47H,3-18,23,25-29H2,1-2H3,(H,48,49)(H2,43,44,45)/t34-,37+,39-/m1/s1. The molecule has 1 aromatic carbocycles. The van der Waals surface area contributed by atoms with E-state index in [-0.39, 0.29) is 32.1 Å². The Labute approximate surface area is 337 Å². The first-order valence-corrected chi connectivity index (χ1v) is 22.0. The topological polar surface area (TPSA) is 193 Å². The van der Waals surface area contributed by atoms with E-state index >= 15 is 0 Å². The first-order chi connectivity index (χ1) is 27.2. The van der Waals surface area contributed by atoms with E-state index in [1.807, 2.05) is 0 Å². The molecule has 0 saturated carbocycles. The molecular weight excluding hydrogens is 761 g/mol. The Hall–Kier alpha value is -2.99. The van der Waals surface area contributed by atoms with Crippen LogP contribution in [-0.2, 0) is 40.9 Å². The Morgan fingerprint density at radius 3 is 2.14 bits per heavy atom. The molecule has 56 heavy (non-hydrogen) atoms. The van der Waals surface area contributed by atoms with Crippen LogP contribution in [0.2, 0.25) is 5.02 Å². The minimum atomic E-state index is -4.69. The summed E-state index contributed by atoms with van der Waals surface area (Å²) in [5.74, 6) is 0.785. The largest absolute Gasteiger partial charge is 0.495 e. The van der Waals surface area contributed by atoms with Gasteiger partial charge in [-0.25, -0.2) is 14.1 Å². The van der Waals surface area contributed by atoms with Crippen LogP contribution in [0.15, 0.2) is 36.7 Å². The minimum Gasteiger partial charge on any atom is -0.495 e. The van der Waals surface area contributed by atoms with Gasteiger partial charge < -0.3 is 34.7 Å². The van der Waals surface area contributed by atoms with E-state index < -0.39 is 32.7 Å². The molecule has 4 N–H and O–H groups in total. The molecule has 0 bridgehead atoms. The molecule has 0 aliphatic heterocycles. The average Bonchev–Trinajstić information content (AvgIpc) is 3.60. The number of anilines is 1. The maximum absolute atomic E-state index is 12.9. The number of aromatic nitrogens is 3. The Morgan fingerprint density at radius 2 is 1.54 bits per heavy atom. The molecular formula is C40H63ClN5O9P. The second-order valence-corrected chi connectivity index (χ2v) is 16.0. The van der Waals surface area contributed by atoms with Crippen LogP contribution in [0.1, 0.15) is 121 Å².